The highest BCUT2D eigenvalue weighted by molar-refractivity contribution is 6.33. The monoisotopic (exact) mass is 374 g/mol. The molecule has 27 heavy (non-hydrogen) atoms. The van der Waals surface area contributed by atoms with E-state index in [1.165, 1.54) is 24.1 Å². The van der Waals surface area contributed by atoms with Crippen LogP contribution in [0.3, 0.4) is 0 Å². The van der Waals surface area contributed by atoms with E-state index >= 15 is 0 Å². The Morgan fingerprint density at radius 3 is 2.70 bits per heavy atom. The Hall–Kier alpha value is -2.85. The standard InChI is InChI=1S/C22H19ClN4/c23-17-10-4-1-7-14(17)20-13-21(15-8-2-5-11-18(15)24-20)25-22-16-9-3-6-12-19(16)26-27-22/h1,3-4,6-7,9-10,12-13H,2,5,8,11H2,(H2,24,25,26,27). The third kappa shape index (κ3) is 2.96. The van der Waals surface area contributed by atoms with Crippen molar-refractivity contribution in [1.82, 2.24) is 15.2 Å². The van der Waals surface area contributed by atoms with Crippen molar-refractivity contribution in [2.45, 2.75) is 25.7 Å². The molecule has 0 spiro atoms. The van der Waals surface area contributed by atoms with Crippen LogP contribution in [0.15, 0.2) is 54.6 Å². The highest BCUT2D eigenvalue weighted by atomic mass is 35.5. The highest BCUT2D eigenvalue weighted by Gasteiger charge is 2.19. The van der Waals surface area contributed by atoms with Crippen LogP contribution in [0.2, 0.25) is 5.02 Å². The smallest absolute Gasteiger partial charge is 0.160 e. The summed E-state index contributed by atoms with van der Waals surface area (Å²) in [7, 11) is 0. The van der Waals surface area contributed by atoms with Crippen LogP contribution in [0.1, 0.15) is 24.1 Å². The van der Waals surface area contributed by atoms with Gasteiger partial charge in [-0.2, -0.15) is 5.10 Å². The number of halogens is 1. The van der Waals surface area contributed by atoms with E-state index in [0.717, 1.165) is 51.5 Å². The molecule has 1 aliphatic rings. The summed E-state index contributed by atoms with van der Waals surface area (Å²) in [4.78, 5) is 4.94. The first-order chi connectivity index (χ1) is 13.3. The molecule has 0 saturated heterocycles. The average molecular weight is 375 g/mol. The number of nitrogens with one attached hydrogen (secondary N) is 2. The number of rotatable bonds is 3. The number of hydrogen-bond donors (Lipinski definition) is 2. The Kier molecular flexibility index (Phi) is 4.06. The number of H-pyrrole nitrogens is 1. The first-order valence-corrected chi connectivity index (χ1v) is 9.65. The molecule has 2 aromatic carbocycles. The fourth-order valence-electron chi connectivity index (χ4n) is 3.81. The van der Waals surface area contributed by atoms with E-state index in [0.29, 0.717) is 0 Å². The Morgan fingerprint density at radius 2 is 1.78 bits per heavy atom. The maximum absolute atomic E-state index is 6.44. The minimum absolute atomic E-state index is 0.719. The molecule has 0 aliphatic heterocycles. The number of benzene rings is 2. The van der Waals surface area contributed by atoms with Crippen LogP contribution in [-0.4, -0.2) is 15.2 Å². The van der Waals surface area contributed by atoms with Crippen LogP contribution < -0.4 is 5.32 Å². The Labute approximate surface area is 162 Å². The molecular formula is C22H19ClN4. The number of aromatic amines is 1. The predicted octanol–water partition coefficient (Wildman–Crippen LogP) is 5.90. The lowest BCUT2D eigenvalue weighted by molar-refractivity contribution is 0.670. The molecule has 2 N–H and O–H groups in total. The molecule has 1 aliphatic carbocycles. The molecule has 5 rings (SSSR count). The molecule has 4 aromatic rings. The van der Waals surface area contributed by atoms with E-state index < -0.39 is 0 Å². The first kappa shape index (κ1) is 16.3. The minimum atomic E-state index is 0.719. The highest BCUT2D eigenvalue weighted by Crippen LogP contribution is 2.35. The van der Waals surface area contributed by atoms with Crippen molar-refractivity contribution in [3.63, 3.8) is 0 Å². The summed E-state index contributed by atoms with van der Waals surface area (Å²) < 4.78 is 0. The fourth-order valence-corrected chi connectivity index (χ4v) is 4.04. The summed E-state index contributed by atoms with van der Waals surface area (Å²) in [5.74, 6) is 0.842. The van der Waals surface area contributed by atoms with Crippen LogP contribution >= 0.6 is 11.6 Å². The second kappa shape index (κ2) is 6.71. The Morgan fingerprint density at radius 1 is 0.963 bits per heavy atom. The van der Waals surface area contributed by atoms with Gasteiger partial charge in [-0.15, -0.1) is 0 Å². The van der Waals surface area contributed by atoms with Gasteiger partial charge < -0.3 is 5.32 Å². The quantitative estimate of drug-likeness (QED) is 0.469. The van der Waals surface area contributed by atoms with Gasteiger partial charge in [-0.05, 0) is 55.5 Å². The van der Waals surface area contributed by atoms with Gasteiger partial charge in [0.25, 0.3) is 0 Å². The molecule has 0 bridgehead atoms. The molecule has 2 heterocycles. The molecular weight excluding hydrogens is 356 g/mol. The van der Waals surface area contributed by atoms with E-state index in [4.69, 9.17) is 16.6 Å². The van der Waals surface area contributed by atoms with Crippen LogP contribution in [0, 0.1) is 0 Å². The van der Waals surface area contributed by atoms with Gasteiger partial charge in [0.15, 0.2) is 5.82 Å². The van der Waals surface area contributed by atoms with Gasteiger partial charge in [-0.3, -0.25) is 10.1 Å². The average Bonchev–Trinajstić information content (AvgIpc) is 3.11. The van der Waals surface area contributed by atoms with Crippen LogP contribution in [0.25, 0.3) is 22.2 Å². The van der Waals surface area contributed by atoms with Crippen molar-refractivity contribution in [3.05, 3.63) is 70.9 Å². The number of pyridine rings is 1. The minimum Gasteiger partial charge on any atom is -0.338 e. The van der Waals surface area contributed by atoms with Gasteiger partial charge in [-0.25, -0.2) is 0 Å². The molecule has 134 valence electrons. The maximum Gasteiger partial charge on any atom is 0.160 e. The van der Waals surface area contributed by atoms with Crippen molar-refractivity contribution in [2.24, 2.45) is 0 Å². The van der Waals surface area contributed by atoms with Crippen molar-refractivity contribution in [2.75, 3.05) is 5.32 Å². The van der Waals surface area contributed by atoms with Gasteiger partial charge in [0.05, 0.1) is 11.2 Å². The molecule has 0 atom stereocenters. The molecule has 0 fully saturated rings. The second-order valence-corrected chi connectivity index (χ2v) is 7.32. The third-order valence-electron chi connectivity index (χ3n) is 5.17. The lowest BCUT2D eigenvalue weighted by Crippen LogP contribution is -2.10. The van der Waals surface area contributed by atoms with Crippen LogP contribution in [0.4, 0.5) is 11.5 Å². The molecule has 0 unspecified atom stereocenters. The number of hydrogen-bond acceptors (Lipinski definition) is 3. The van der Waals surface area contributed by atoms with Gasteiger partial charge >= 0.3 is 0 Å². The predicted molar refractivity (Wildman–Crippen MR) is 111 cm³/mol. The number of fused-ring (bicyclic) bond motifs is 2. The Balaban J connectivity index is 1.64. The largest absolute Gasteiger partial charge is 0.338 e. The number of para-hydroxylation sites is 1. The summed E-state index contributed by atoms with van der Waals surface area (Å²) in [6.07, 6.45) is 4.41. The van der Waals surface area contributed by atoms with E-state index in [-0.39, 0.29) is 0 Å². The molecule has 4 nitrogen and oxygen atoms in total. The van der Waals surface area contributed by atoms with Crippen LogP contribution in [-0.2, 0) is 12.8 Å². The fraction of sp³-hybridized carbons (Fsp3) is 0.182. The number of aryl methyl sites for hydroxylation is 1. The third-order valence-corrected chi connectivity index (χ3v) is 5.50. The van der Waals surface area contributed by atoms with Crippen molar-refractivity contribution < 1.29 is 0 Å². The first-order valence-electron chi connectivity index (χ1n) is 9.27. The Bertz CT molecular complexity index is 1130. The molecule has 0 amide bonds. The maximum atomic E-state index is 6.44. The summed E-state index contributed by atoms with van der Waals surface area (Å²) in [6, 6.07) is 18.1. The molecule has 5 heteroatoms. The van der Waals surface area contributed by atoms with E-state index in [1.54, 1.807) is 0 Å². The van der Waals surface area contributed by atoms with E-state index in [2.05, 4.69) is 27.6 Å². The summed E-state index contributed by atoms with van der Waals surface area (Å²) >= 11 is 6.44. The van der Waals surface area contributed by atoms with Gasteiger partial charge in [-0.1, -0.05) is 41.9 Å². The van der Waals surface area contributed by atoms with Crippen molar-refractivity contribution >= 4 is 34.0 Å². The molecule has 0 radical (unpaired) electrons. The number of aromatic nitrogens is 3. The van der Waals surface area contributed by atoms with Crippen molar-refractivity contribution in [3.8, 4) is 11.3 Å². The van der Waals surface area contributed by atoms with E-state index in [9.17, 15) is 0 Å². The van der Waals surface area contributed by atoms with E-state index in [1.807, 2.05) is 42.5 Å². The number of anilines is 2. The second-order valence-electron chi connectivity index (χ2n) is 6.91. The zero-order valence-electron chi connectivity index (χ0n) is 14.8. The molecule has 0 saturated carbocycles. The lowest BCUT2D eigenvalue weighted by atomic mass is 9.93. The molecule has 2 aromatic heterocycles. The summed E-state index contributed by atoms with van der Waals surface area (Å²) in [5.41, 5.74) is 6.43. The van der Waals surface area contributed by atoms with Crippen LogP contribution in [0.5, 0.6) is 0 Å². The van der Waals surface area contributed by atoms with Gasteiger partial charge in [0.1, 0.15) is 0 Å². The topological polar surface area (TPSA) is 53.6 Å². The zero-order valence-corrected chi connectivity index (χ0v) is 15.6. The zero-order chi connectivity index (χ0) is 18.2. The van der Waals surface area contributed by atoms with Crippen molar-refractivity contribution in [1.29, 1.82) is 0 Å². The lowest BCUT2D eigenvalue weighted by Gasteiger charge is -2.21. The van der Waals surface area contributed by atoms with Gasteiger partial charge in [0.2, 0.25) is 0 Å². The number of nitrogens with zero attached hydrogens (tertiary/aromatic N) is 2. The normalized spacial score (nSPS) is 13.5. The summed E-state index contributed by atoms with van der Waals surface area (Å²) in [5, 5.41) is 12.9. The van der Waals surface area contributed by atoms with Gasteiger partial charge in [0, 0.05) is 27.4 Å². The summed E-state index contributed by atoms with van der Waals surface area (Å²) in [6.45, 7) is 0. The SMILES string of the molecule is Clc1ccccc1-c1cc(Nc2n[nH]c3ccccc23)c2c(n1)CCCC2.